The van der Waals surface area contributed by atoms with Gasteiger partial charge >= 0.3 is 0 Å². The molecule has 0 saturated heterocycles. The fourth-order valence-corrected chi connectivity index (χ4v) is 1.54. The molecule has 0 saturated carbocycles. The van der Waals surface area contributed by atoms with Crippen molar-refractivity contribution in [1.29, 1.82) is 0 Å². The predicted molar refractivity (Wildman–Crippen MR) is 56.9 cm³/mol. The van der Waals surface area contributed by atoms with E-state index in [2.05, 4.69) is 10.3 Å². The lowest BCUT2D eigenvalue weighted by atomic mass is 10.1. The topological polar surface area (TPSA) is 51.2 Å². The summed E-state index contributed by atoms with van der Waals surface area (Å²) in [5.74, 6) is 1.21. The number of aromatic nitrogens is 1. The van der Waals surface area contributed by atoms with Crippen LogP contribution < -0.4 is 10.1 Å². The van der Waals surface area contributed by atoms with Crippen molar-refractivity contribution in [3.63, 3.8) is 0 Å². The van der Waals surface area contributed by atoms with Crippen LogP contribution in [0, 0.1) is 12.8 Å². The maximum absolute atomic E-state index is 11.6. The van der Waals surface area contributed by atoms with Crippen molar-refractivity contribution in [3.8, 4) is 5.75 Å². The summed E-state index contributed by atoms with van der Waals surface area (Å²) in [5, 5.41) is 2.74. The van der Waals surface area contributed by atoms with Crippen LogP contribution in [0.15, 0.2) is 12.3 Å². The van der Waals surface area contributed by atoms with Gasteiger partial charge in [0.05, 0.1) is 0 Å². The maximum atomic E-state index is 11.6. The molecule has 1 aliphatic heterocycles. The van der Waals surface area contributed by atoms with E-state index >= 15 is 0 Å². The molecule has 1 unspecified atom stereocenters. The van der Waals surface area contributed by atoms with Crippen molar-refractivity contribution in [2.24, 2.45) is 5.92 Å². The molecular weight excluding hydrogens is 192 g/mol. The van der Waals surface area contributed by atoms with Crippen LogP contribution in [0.5, 0.6) is 5.75 Å². The van der Waals surface area contributed by atoms with Gasteiger partial charge < -0.3 is 10.1 Å². The number of anilines is 1. The molecule has 0 aromatic carbocycles. The zero-order chi connectivity index (χ0) is 11.0. The summed E-state index contributed by atoms with van der Waals surface area (Å²) >= 11 is 0. The first-order chi connectivity index (χ1) is 7.08. The van der Waals surface area contributed by atoms with Gasteiger partial charge in [0.1, 0.15) is 0 Å². The van der Waals surface area contributed by atoms with Crippen LogP contribution in [0.25, 0.3) is 0 Å². The Morgan fingerprint density at radius 1 is 1.53 bits per heavy atom. The van der Waals surface area contributed by atoms with Gasteiger partial charge in [-0.25, -0.2) is 4.98 Å². The third-order valence-electron chi connectivity index (χ3n) is 2.35. The molecule has 1 amide bonds. The molecule has 1 aromatic heterocycles. The number of amides is 1. The van der Waals surface area contributed by atoms with Gasteiger partial charge in [-0.1, -0.05) is 13.8 Å². The molecule has 1 aromatic rings. The zero-order valence-corrected chi connectivity index (χ0v) is 9.07. The van der Waals surface area contributed by atoms with E-state index in [4.69, 9.17) is 4.74 Å². The highest BCUT2D eigenvalue weighted by atomic mass is 16.5. The van der Waals surface area contributed by atoms with Gasteiger partial charge in [-0.05, 0) is 24.5 Å². The SMILES string of the molecule is Cc1cnc2c(c1)OC(C(C)C)C(=O)N2. The predicted octanol–water partition coefficient (Wildman–Crippen LogP) is 1.75. The Kier molecular flexibility index (Phi) is 2.34. The summed E-state index contributed by atoms with van der Waals surface area (Å²) in [7, 11) is 0. The first kappa shape index (κ1) is 9.96. The molecule has 1 aliphatic rings. The molecule has 15 heavy (non-hydrogen) atoms. The van der Waals surface area contributed by atoms with E-state index in [1.165, 1.54) is 0 Å². The number of carbonyl (C=O) groups is 1. The normalized spacial score (nSPS) is 19.5. The summed E-state index contributed by atoms with van der Waals surface area (Å²) in [4.78, 5) is 15.7. The van der Waals surface area contributed by atoms with E-state index in [-0.39, 0.29) is 11.8 Å². The number of hydrogen-bond acceptors (Lipinski definition) is 3. The van der Waals surface area contributed by atoms with Gasteiger partial charge in [-0.2, -0.15) is 0 Å². The Balaban J connectivity index is 2.34. The highest BCUT2D eigenvalue weighted by molar-refractivity contribution is 5.96. The second-order valence-corrected chi connectivity index (χ2v) is 4.13. The molecule has 4 heteroatoms. The van der Waals surface area contributed by atoms with E-state index in [1.54, 1.807) is 6.20 Å². The van der Waals surface area contributed by atoms with Crippen LogP contribution in [0.2, 0.25) is 0 Å². The monoisotopic (exact) mass is 206 g/mol. The summed E-state index contributed by atoms with van der Waals surface area (Å²) in [5.41, 5.74) is 1.02. The van der Waals surface area contributed by atoms with E-state index in [9.17, 15) is 4.79 Å². The molecule has 0 bridgehead atoms. The van der Waals surface area contributed by atoms with E-state index in [1.807, 2.05) is 26.8 Å². The van der Waals surface area contributed by atoms with Crippen LogP contribution in [-0.2, 0) is 4.79 Å². The number of nitrogens with one attached hydrogen (secondary N) is 1. The Morgan fingerprint density at radius 2 is 2.27 bits per heavy atom. The summed E-state index contributed by atoms with van der Waals surface area (Å²) < 4.78 is 5.61. The van der Waals surface area contributed by atoms with Crippen LogP contribution >= 0.6 is 0 Å². The van der Waals surface area contributed by atoms with Gasteiger partial charge in [0.25, 0.3) is 5.91 Å². The van der Waals surface area contributed by atoms with Crippen LogP contribution in [0.4, 0.5) is 5.82 Å². The Labute approximate surface area is 88.7 Å². The smallest absolute Gasteiger partial charge is 0.266 e. The molecule has 0 radical (unpaired) electrons. The van der Waals surface area contributed by atoms with Gasteiger partial charge in [0.2, 0.25) is 0 Å². The molecule has 1 atom stereocenters. The molecular formula is C11H14N2O2. The first-order valence-electron chi connectivity index (χ1n) is 5.02. The average molecular weight is 206 g/mol. The third kappa shape index (κ3) is 1.79. The van der Waals surface area contributed by atoms with Crippen molar-refractivity contribution < 1.29 is 9.53 Å². The summed E-state index contributed by atoms with van der Waals surface area (Å²) in [6.07, 6.45) is 1.29. The second-order valence-electron chi connectivity index (χ2n) is 4.13. The average Bonchev–Trinajstić information content (AvgIpc) is 2.17. The van der Waals surface area contributed by atoms with Crippen molar-refractivity contribution >= 4 is 11.7 Å². The summed E-state index contributed by atoms with van der Waals surface area (Å²) in [6.45, 7) is 5.86. The minimum absolute atomic E-state index is 0.117. The third-order valence-corrected chi connectivity index (χ3v) is 2.35. The standard InChI is InChI=1S/C11H14N2O2/c1-6(2)9-11(14)13-10-8(15-9)4-7(3)5-12-10/h4-6,9H,1-3H3,(H,12,13,14). The molecule has 2 heterocycles. The first-order valence-corrected chi connectivity index (χ1v) is 5.02. The molecule has 0 fully saturated rings. The molecule has 4 nitrogen and oxygen atoms in total. The van der Waals surface area contributed by atoms with Gasteiger partial charge in [0, 0.05) is 6.20 Å². The highest BCUT2D eigenvalue weighted by Gasteiger charge is 2.30. The van der Waals surface area contributed by atoms with E-state index < -0.39 is 6.10 Å². The van der Waals surface area contributed by atoms with Gasteiger partial charge in [-0.3, -0.25) is 4.79 Å². The molecule has 0 aliphatic carbocycles. The number of aryl methyl sites for hydroxylation is 1. The minimum Gasteiger partial charge on any atom is -0.476 e. The van der Waals surface area contributed by atoms with Crippen molar-refractivity contribution in [2.75, 3.05) is 5.32 Å². The van der Waals surface area contributed by atoms with Crippen LogP contribution in [0.3, 0.4) is 0 Å². The lowest BCUT2D eigenvalue weighted by Crippen LogP contribution is -2.40. The fraction of sp³-hybridized carbons (Fsp3) is 0.455. The lowest BCUT2D eigenvalue weighted by Gasteiger charge is -2.27. The highest BCUT2D eigenvalue weighted by Crippen LogP contribution is 2.29. The Hall–Kier alpha value is -1.58. The molecule has 2 rings (SSSR count). The number of carbonyl (C=O) groups excluding carboxylic acids is 1. The van der Waals surface area contributed by atoms with Crippen LogP contribution in [0.1, 0.15) is 19.4 Å². The summed E-state index contributed by atoms with van der Waals surface area (Å²) in [6, 6.07) is 1.89. The van der Waals surface area contributed by atoms with Crippen molar-refractivity contribution in [3.05, 3.63) is 17.8 Å². The largest absolute Gasteiger partial charge is 0.476 e. The number of pyridine rings is 1. The van der Waals surface area contributed by atoms with Crippen molar-refractivity contribution in [1.82, 2.24) is 4.98 Å². The lowest BCUT2D eigenvalue weighted by molar-refractivity contribution is -0.125. The second kappa shape index (κ2) is 3.53. The van der Waals surface area contributed by atoms with Crippen molar-refractivity contribution in [2.45, 2.75) is 26.9 Å². The quantitative estimate of drug-likeness (QED) is 0.761. The van der Waals surface area contributed by atoms with Crippen LogP contribution in [-0.4, -0.2) is 17.0 Å². The van der Waals surface area contributed by atoms with E-state index in [0.29, 0.717) is 11.6 Å². The van der Waals surface area contributed by atoms with Gasteiger partial charge in [-0.15, -0.1) is 0 Å². The zero-order valence-electron chi connectivity index (χ0n) is 9.07. The number of hydrogen-bond donors (Lipinski definition) is 1. The Bertz CT molecular complexity index is 402. The number of ether oxygens (including phenoxy) is 1. The molecule has 0 spiro atoms. The number of fused-ring (bicyclic) bond motifs is 1. The number of nitrogens with zero attached hydrogens (tertiary/aromatic N) is 1. The van der Waals surface area contributed by atoms with E-state index in [0.717, 1.165) is 5.56 Å². The Morgan fingerprint density at radius 3 is 2.93 bits per heavy atom. The maximum Gasteiger partial charge on any atom is 0.266 e. The minimum atomic E-state index is -0.416. The molecule has 80 valence electrons. The number of rotatable bonds is 1. The molecule has 1 N–H and O–H groups in total. The van der Waals surface area contributed by atoms with Gasteiger partial charge in [0.15, 0.2) is 17.7 Å². The fourth-order valence-electron chi connectivity index (χ4n) is 1.54.